The van der Waals surface area contributed by atoms with Gasteiger partial charge in [-0.05, 0) is 42.8 Å². The van der Waals surface area contributed by atoms with Crippen LogP contribution in [0.2, 0.25) is 0 Å². The molecule has 30 heavy (non-hydrogen) atoms. The van der Waals surface area contributed by atoms with Crippen LogP contribution in [-0.4, -0.2) is 52.9 Å². The number of rotatable bonds is 4. The van der Waals surface area contributed by atoms with E-state index in [1.807, 2.05) is 6.92 Å². The molecule has 1 aliphatic heterocycles. The molecule has 2 aromatic heterocycles. The summed E-state index contributed by atoms with van der Waals surface area (Å²) in [4.78, 5) is 38.3. The molecular weight excluding hydrogens is 405 g/mol. The van der Waals surface area contributed by atoms with E-state index in [1.54, 1.807) is 35.5 Å². The first-order chi connectivity index (χ1) is 14.5. The fraction of sp³-hybridized carbons (Fsp3) is 0.238. The zero-order valence-corrected chi connectivity index (χ0v) is 17.2. The number of nitrogens with one attached hydrogen (secondary N) is 1. The zero-order chi connectivity index (χ0) is 21.1. The molecule has 0 saturated carbocycles. The van der Waals surface area contributed by atoms with E-state index in [2.05, 4.69) is 20.2 Å². The number of halogens is 1. The molecule has 7 nitrogen and oxygen atoms in total. The second kappa shape index (κ2) is 8.58. The Hall–Kier alpha value is -3.33. The van der Waals surface area contributed by atoms with E-state index in [4.69, 9.17) is 0 Å². The van der Waals surface area contributed by atoms with Crippen LogP contribution >= 0.6 is 11.3 Å². The van der Waals surface area contributed by atoms with E-state index >= 15 is 0 Å². The summed E-state index contributed by atoms with van der Waals surface area (Å²) in [5.41, 5.74) is 1.03. The molecule has 4 rings (SSSR count). The number of hydrogen-bond acceptors (Lipinski definition) is 6. The molecule has 0 spiro atoms. The Morgan fingerprint density at radius 2 is 1.80 bits per heavy atom. The maximum atomic E-state index is 13.3. The highest BCUT2D eigenvalue weighted by Gasteiger charge is 2.26. The molecule has 3 aromatic rings. The lowest BCUT2D eigenvalue weighted by Crippen LogP contribution is -2.49. The van der Waals surface area contributed by atoms with E-state index < -0.39 is 11.7 Å². The fourth-order valence-corrected chi connectivity index (χ4v) is 4.31. The fourth-order valence-electron chi connectivity index (χ4n) is 3.28. The highest BCUT2D eigenvalue weighted by Crippen LogP contribution is 2.29. The average Bonchev–Trinajstić information content (AvgIpc) is 3.14. The summed E-state index contributed by atoms with van der Waals surface area (Å²) >= 11 is 1.23. The quantitative estimate of drug-likeness (QED) is 0.695. The first-order valence-corrected chi connectivity index (χ1v) is 10.3. The van der Waals surface area contributed by atoms with Gasteiger partial charge in [-0.3, -0.25) is 9.59 Å². The highest BCUT2D eigenvalue weighted by molar-refractivity contribution is 7.18. The van der Waals surface area contributed by atoms with Gasteiger partial charge in [0.15, 0.2) is 0 Å². The number of aryl methyl sites for hydroxylation is 1. The summed E-state index contributed by atoms with van der Waals surface area (Å²) in [6, 6.07) is 9.03. The van der Waals surface area contributed by atoms with Gasteiger partial charge in [-0.1, -0.05) is 6.07 Å². The zero-order valence-electron chi connectivity index (χ0n) is 16.3. The maximum Gasteiger partial charge on any atom is 0.264 e. The monoisotopic (exact) mass is 425 g/mol. The van der Waals surface area contributed by atoms with Gasteiger partial charge in [0.05, 0.1) is 9.88 Å². The van der Waals surface area contributed by atoms with Crippen LogP contribution in [0.15, 0.2) is 48.8 Å². The Kier molecular flexibility index (Phi) is 5.71. The van der Waals surface area contributed by atoms with Crippen LogP contribution in [0.5, 0.6) is 0 Å². The van der Waals surface area contributed by atoms with Crippen molar-refractivity contribution in [1.29, 1.82) is 0 Å². The number of benzene rings is 1. The van der Waals surface area contributed by atoms with Crippen molar-refractivity contribution in [3.05, 3.63) is 70.6 Å². The molecule has 1 fully saturated rings. The third kappa shape index (κ3) is 4.30. The van der Waals surface area contributed by atoms with Crippen molar-refractivity contribution >= 4 is 34.1 Å². The number of aromatic nitrogens is 2. The molecule has 1 N–H and O–H groups in total. The largest absolute Gasteiger partial charge is 0.337 e. The van der Waals surface area contributed by atoms with Gasteiger partial charge in [0.25, 0.3) is 11.8 Å². The number of carbonyl (C=O) groups excluding carboxylic acids is 2. The number of thiophene rings is 1. The first kappa shape index (κ1) is 20.0. The molecular formula is C21H20FN5O2S. The summed E-state index contributed by atoms with van der Waals surface area (Å²) < 4.78 is 13.3. The molecule has 154 valence electrons. The van der Waals surface area contributed by atoms with Crippen molar-refractivity contribution in [3.63, 3.8) is 0 Å². The lowest BCUT2D eigenvalue weighted by atomic mass is 10.2. The minimum Gasteiger partial charge on any atom is -0.337 e. The summed E-state index contributed by atoms with van der Waals surface area (Å²) in [6.45, 7) is 4.29. The number of amides is 2. The minimum atomic E-state index is -0.471. The van der Waals surface area contributed by atoms with Gasteiger partial charge in [0, 0.05) is 44.1 Å². The topological polar surface area (TPSA) is 78.4 Å². The number of carbonyl (C=O) groups is 2. The van der Waals surface area contributed by atoms with Crippen molar-refractivity contribution in [2.45, 2.75) is 6.92 Å². The van der Waals surface area contributed by atoms with Crippen LogP contribution in [0.1, 0.15) is 25.6 Å². The molecule has 1 aliphatic rings. The van der Waals surface area contributed by atoms with E-state index in [9.17, 15) is 14.0 Å². The van der Waals surface area contributed by atoms with E-state index in [0.717, 1.165) is 5.56 Å². The molecule has 0 unspecified atom stereocenters. The standard InChI is InChI=1S/C21H20FN5O2S/c1-14-12-17(25-19(28)15-4-2-5-16(22)13-15)30-18(14)20(29)26-8-10-27(11-9-26)21-23-6-3-7-24-21/h2-7,12-13H,8-11H2,1H3,(H,25,28). The summed E-state index contributed by atoms with van der Waals surface area (Å²) in [7, 11) is 0. The summed E-state index contributed by atoms with van der Waals surface area (Å²) in [5.74, 6) is -0.274. The number of piperazine rings is 1. The van der Waals surface area contributed by atoms with E-state index in [0.29, 0.717) is 42.0 Å². The van der Waals surface area contributed by atoms with E-state index in [1.165, 1.54) is 29.5 Å². The van der Waals surface area contributed by atoms with Crippen molar-refractivity contribution in [3.8, 4) is 0 Å². The maximum absolute atomic E-state index is 13.3. The molecule has 9 heteroatoms. The summed E-state index contributed by atoms with van der Waals surface area (Å²) in [6.07, 6.45) is 3.41. The third-order valence-corrected chi connectivity index (χ3v) is 5.98. The predicted octanol–water partition coefficient (Wildman–Crippen LogP) is 3.20. The first-order valence-electron chi connectivity index (χ1n) is 9.50. The van der Waals surface area contributed by atoms with Crippen molar-refractivity contribution < 1.29 is 14.0 Å². The molecule has 0 aliphatic carbocycles. The minimum absolute atomic E-state index is 0.0580. The average molecular weight is 425 g/mol. The highest BCUT2D eigenvalue weighted by atomic mass is 32.1. The smallest absolute Gasteiger partial charge is 0.264 e. The van der Waals surface area contributed by atoms with Crippen molar-refractivity contribution in [2.24, 2.45) is 0 Å². The lowest BCUT2D eigenvalue weighted by molar-refractivity contribution is 0.0750. The number of anilines is 2. The molecule has 2 amide bonds. The Morgan fingerprint density at radius 3 is 2.50 bits per heavy atom. The van der Waals surface area contributed by atoms with E-state index in [-0.39, 0.29) is 11.5 Å². The normalized spacial score (nSPS) is 13.9. The molecule has 1 saturated heterocycles. The Balaban J connectivity index is 1.40. The third-order valence-electron chi connectivity index (χ3n) is 4.84. The number of nitrogens with zero attached hydrogens (tertiary/aromatic N) is 4. The van der Waals surface area contributed by atoms with Crippen LogP contribution in [0.4, 0.5) is 15.3 Å². The van der Waals surface area contributed by atoms with Gasteiger partial charge in [0.1, 0.15) is 5.82 Å². The molecule has 0 bridgehead atoms. The van der Waals surface area contributed by atoms with Gasteiger partial charge in [-0.2, -0.15) is 0 Å². The van der Waals surface area contributed by atoms with Crippen LogP contribution in [0.3, 0.4) is 0 Å². The van der Waals surface area contributed by atoms with Gasteiger partial charge in [-0.15, -0.1) is 11.3 Å². The second-order valence-corrected chi connectivity index (χ2v) is 7.97. The lowest BCUT2D eigenvalue weighted by Gasteiger charge is -2.34. The van der Waals surface area contributed by atoms with Crippen LogP contribution < -0.4 is 10.2 Å². The predicted molar refractivity (Wildman–Crippen MR) is 114 cm³/mol. The van der Waals surface area contributed by atoms with Crippen molar-refractivity contribution in [1.82, 2.24) is 14.9 Å². The Morgan fingerprint density at radius 1 is 1.07 bits per heavy atom. The summed E-state index contributed by atoms with van der Waals surface area (Å²) in [5, 5.41) is 3.31. The van der Waals surface area contributed by atoms with Crippen LogP contribution in [0.25, 0.3) is 0 Å². The Labute approximate surface area is 177 Å². The Bertz CT molecular complexity index is 1060. The SMILES string of the molecule is Cc1cc(NC(=O)c2cccc(F)c2)sc1C(=O)N1CCN(c2ncccn2)CC1. The molecule has 0 radical (unpaired) electrons. The van der Waals surface area contributed by atoms with Gasteiger partial charge in [0.2, 0.25) is 5.95 Å². The second-order valence-electron chi connectivity index (χ2n) is 6.92. The van der Waals surface area contributed by atoms with Gasteiger partial charge >= 0.3 is 0 Å². The van der Waals surface area contributed by atoms with Gasteiger partial charge in [-0.25, -0.2) is 14.4 Å². The van der Waals surface area contributed by atoms with Gasteiger partial charge < -0.3 is 15.1 Å². The van der Waals surface area contributed by atoms with Crippen LogP contribution in [-0.2, 0) is 0 Å². The van der Waals surface area contributed by atoms with Crippen molar-refractivity contribution in [2.75, 3.05) is 36.4 Å². The van der Waals surface area contributed by atoms with Crippen LogP contribution in [0, 0.1) is 12.7 Å². The number of hydrogen-bond donors (Lipinski definition) is 1. The molecule has 0 atom stereocenters. The molecule has 3 heterocycles. The molecule has 1 aromatic carbocycles.